The van der Waals surface area contributed by atoms with Crippen LogP contribution < -0.4 is 0 Å². The summed E-state index contributed by atoms with van der Waals surface area (Å²) in [6.07, 6.45) is 2.11. The molecule has 0 aliphatic heterocycles. The first-order chi connectivity index (χ1) is 5.81. The zero-order chi connectivity index (χ0) is 8.97. The third-order valence-corrected chi connectivity index (χ3v) is 3.72. The maximum atomic E-state index is 3.47. The summed E-state index contributed by atoms with van der Waals surface area (Å²) in [7, 11) is 0. The van der Waals surface area contributed by atoms with E-state index in [0.29, 0.717) is 0 Å². The summed E-state index contributed by atoms with van der Waals surface area (Å²) < 4.78 is 0. The fourth-order valence-corrected chi connectivity index (χ4v) is 2.68. The molecule has 0 nitrogen and oxygen atoms in total. The van der Waals surface area contributed by atoms with Gasteiger partial charge in [0.25, 0.3) is 0 Å². The number of rotatable bonds is 3. The Labute approximate surface area is 94.4 Å². The molecule has 0 saturated heterocycles. The maximum Gasteiger partial charge on any atom is 0.0294 e. The average molecular weight is 310 g/mol. The van der Waals surface area contributed by atoms with Gasteiger partial charge in [-0.05, 0) is 23.4 Å². The van der Waals surface area contributed by atoms with Gasteiger partial charge in [0.15, 0.2) is 0 Å². The maximum absolute atomic E-state index is 3.47. The lowest BCUT2D eigenvalue weighted by molar-refractivity contribution is 1.24. The number of hydrogen-bond donors (Lipinski definition) is 0. The van der Waals surface area contributed by atoms with E-state index >= 15 is 0 Å². The summed E-state index contributed by atoms with van der Waals surface area (Å²) in [5.74, 6) is 0. The van der Waals surface area contributed by atoms with E-state index in [1.54, 1.807) is 11.8 Å². The second-order valence-electron chi connectivity index (χ2n) is 2.41. The van der Waals surface area contributed by atoms with Gasteiger partial charge in [0, 0.05) is 15.6 Å². The summed E-state index contributed by atoms with van der Waals surface area (Å²) in [5.41, 5.74) is 2.70. The first-order valence-electron chi connectivity index (χ1n) is 3.59. The first kappa shape index (κ1) is 10.6. The Kier molecular flexibility index (Phi) is 4.69. The van der Waals surface area contributed by atoms with Gasteiger partial charge < -0.3 is 0 Å². The first-order valence-corrected chi connectivity index (χ1v) is 7.06. The molecule has 0 fully saturated rings. The van der Waals surface area contributed by atoms with Crippen molar-refractivity contribution in [3.63, 3.8) is 0 Å². The molecule has 0 radical (unpaired) electrons. The van der Waals surface area contributed by atoms with Crippen LogP contribution in [0.3, 0.4) is 0 Å². The van der Waals surface area contributed by atoms with Crippen LogP contribution in [0.25, 0.3) is 0 Å². The fourth-order valence-electron chi connectivity index (χ4n) is 0.982. The fraction of sp³-hybridized carbons (Fsp3) is 0.333. The minimum atomic E-state index is 0.934. The number of benzene rings is 1. The molecule has 1 aromatic carbocycles. The zero-order valence-electron chi connectivity index (χ0n) is 6.81. The van der Waals surface area contributed by atoms with Gasteiger partial charge in [0.1, 0.15) is 0 Å². The number of alkyl halides is 2. The summed E-state index contributed by atoms with van der Waals surface area (Å²) in [6.45, 7) is 0. The van der Waals surface area contributed by atoms with Gasteiger partial charge >= 0.3 is 0 Å². The van der Waals surface area contributed by atoms with Crippen molar-refractivity contribution in [2.75, 3.05) is 6.26 Å². The van der Waals surface area contributed by atoms with Crippen molar-refractivity contribution in [1.82, 2.24) is 0 Å². The molecule has 0 aliphatic carbocycles. The standard InChI is InChI=1S/C9H10Br2S/c1-12-9-4-7(5-10)2-3-8(9)6-11/h2-4H,5-6H2,1H3. The van der Waals surface area contributed by atoms with Gasteiger partial charge in [-0.15, -0.1) is 11.8 Å². The Bertz CT molecular complexity index is 261. The predicted molar refractivity (Wildman–Crippen MR) is 63.5 cm³/mol. The van der Waals surface area contributed by atoms with Gasteiger partial charge in [-0.25, -0.2) is 0 Å². The van der Waals surface area contributed by atoms with Crippen molar-refractivity contribution >= 4 is 43.6 Å². The zero-order valence-corrected chi connectivity index (χ0v) is 10.8. The van der Waals surface area contributed by atoms with E-state index < -0.39 is 0 Å². The quantitative estimate of drug-likeness (QED) is 0.596. The minimum Gasteiger partial charge on any atom is -0.129 e. The molecule has 1 aromatic rings. The molecular weight excluding hydrogens is 300 g/mol. The van der Waals surface area contributed by atoms with Crippen molar-refractivity contribution in [1.29, 1.82) is 0 Å². The van der Waals surface area contributed by atoms with Crippen molar-refractivity contribution in [3.05, 3.63) is 29.3 Å². The van der Waals surface area contributed by atoms with Crippen molar-refractivity contribution in [2.45, 2.75) is 15.6 Å². The van der Waals surface area contributed by atoms with E-state index in [2.05, 4.69) is 56.3 Å². The summed E-state index contributed by atoms with van der Waals surface area (Å²) in [6, 6.07) is 6.57. The summed E-state index contributed by atoms with van der Waals surface area (Å²) >= 11 is 8.72. The second-order valence-corrected chi connectivity index (χ2v) is 4.38. The van der Waals surface area contributed by atoms with E-state index in [4.69, 9.17) is 0 Å². The second kappa shape index (κ2) is 5.30. The summed E-state index contributed by atoms with van der Waals surface area (Å²) in [4.78, 5) is 1.36. The molecule has 3 heteroatoms. The topological polar surface area (TPSA) is 0 Å². The molecule has 0 heterocycles. The third kappa shape index (κ3) is 2.51. The smallest absolute Gasteiger partial charge is 0.0294 e. The van der Waals surface area contributed by atoms with Crippen molar-refractivity contribution in [3.8, 4) is 0 Å². The molecule has 0 spiro atoms. The van der Waals surface area contributed by atoms with E-state index in [1.165, 1.54) is 16.0 Å². The molecule has 0 N–H and O–H groups in total. The van der Waals surface area contributed by atoms with Crippen LogP contribution in [0.4, 0.5) is 0 Å². The molecule has 1 rings (SSSR count). The minimum absolute atomic E-state index is 0.934. The number of thioether (sulfide) groups is 1. The highest BCUT2D eigenvalue weighted by Crippen LogP contribution is 2.24. The third-order valence-electron chi connectivity index (χ3n) is 1.65. The molecule has 0 amide bonds. The Morgan fingerprint density at radius 2 is 2.00 bits per heavy atom. The van der Waals surface area contributed by atoms with Crippen LogP contribution in [0.1, 0.15) is 11.1 Å². The molecule has 0 saturated carbocycles. The van der Waals surface area contributed by atoms with Crippen LogP contribution in [0.2, 0.25) is 0 Å². The molecule has 0 atom stereocenters. The Morgan fingerprint density at radius 3 is 2.50 bits per heavy atom. The Morgan fingerprint density at radius 1 is 1.25 bits per heavy atom. The number of halogens is 2. The lowest BCUT2D eigenvalue weighted by atomic mass is 10.2. The lowest BCUT2D eigenvalue weighted by Crippen LogP contribution is -1.85. The summed E-state index contributed by atoms with van der Waals surface area (Å²) in [5, 5.41) is 1.87. The van der Waals surface area contributed by atoms with Gasteiger partial charge in [0.05, 0.1) is 0 Å². The molecule has 0 aliphatic rings. The van der Waals surface area contributed by atoms with Crippen LogP contribution in [0, 0.1) is 0 Å². The van der Waals surface area contributed by atoms with Gasteiger partial charge in [-0.1, -0.05) is 44.0 Å². The molecule has 12 heavy (non-hydrogen) atoms. The molecule has 0 bridgehead atoms. The van der Waals surface area contributed by atoms with Crippen LogP contribution in [0.15, 0.2) is 23.1 Å². The largest absolute Gasteiger partial charge is 0.129 e. The number of hydrogen-bond acceptors (Lipinski definition) is 1. The van der Waals surface area contributed by atoms with E-state index in [0.717, 1.165) is 10.7 Å². The Balaban J connectivity index is 3.02. The van der Waals surface area contributed by atoms with Crippen LogP contribution in [-0.4, -0.2) is 6.26 Å². The van der Waals surface area contributed by atoms with Crippen LogP contribution in [0.5, 0.6) is 0 Å². The molecule has 66 valence electrons. The lowest BCUT2D eigenvalue weighted by Gasteiger charge is -2.05. The molecule has 0 unspecified atom stereocenters. The van der Waals surface area contributed by atoms with E-state index in [1.807, 2.05) is 0 Å². The predicted octanol–water partition coefficient (Wildman–Crippen LogP) is 4.20. The van der Waals surface area contributed by atoms with Crippen molar-refractivity contribution in [2.24, 2.45) is 0 Å². The van der Waals surface area contributed by atoms with E-state index in [-0.39, 0.29) is 0 Å². The Hall–Kier alpha value is 0.530. The van der Waals surface area contributed by atoms with Crippen LogP contribution in [-0.2, 0) is 10.7 Å². The van der Waals surface area contributed by atoms with Gasteiger partial charge in [0.2, 0.25) is 0 Å². The molecule has 0 aromatic heterocycles. The molecular formula is C9H10Br2S. The van der Waals surface area contributed by atoms with E-state index in [9.17, 15) is 0 Å². The SMILES string of the molecule is CSc1cc(CBr)ccc1CBr. The van der Waals surface area contributed by atoms with Crippen LogP contribution >= 0.6 is 43.6 Å². The highest BCUT2D eigenvalue weighted by molar-refractivity contribution is 9.08. The highest BCUT2D eigenvalue weighted by atomic mass is 79.9. The monoisotopic (exact) mass is 308 g/mol. The van der Waals surface area contributed by atoms with Gasteiger partial charge in [-0.3, -0.25) is 0 Å². The highest BCUT2D eigenvalue weighted by Gasteiger charge is 2.00. The normalized spacial score (nSPS) is 10.2. The van der Waals surface area contributed by atoms with Crippen molar-refractivity contribution < 1.29 is 0 Å². The van der Waals surface area contributed by atoms with Gasteiger partial charge in [-0.2, -0.15) is 0 Å². The average Bonchev–Trinajstić information content (AvgIpc) is 2.16.